The van der Waals surface area contributed by atoms with Crippen molar-refractivity contribution >= 4 is 112 Å². The van der Waals surface area contributed by atoms with Crippen LogP contribution < -0.4 is 64.2 Å². The number of hydrogen-bond acceptors (Lipinski definition) is 24. The molecule has 1 atom stereocenters. The first-order valence-electron chi connectivity index (χ1n) is 45.2. The molecule has 0 aromatic heterocycles. The van der Waals surface area contributed by atoms with Crippen LogP contribution in [0, 0.1) is 5.41 Å². The fourth-order valence-electron chi connectivity index (χ4n) is 11.7. The predicted molar refractivity (Wildman–Crippen MR) is 486 cm³/mol. The van der Waals surface area contributed by atoms with E-state index in [1.165, 1.54) is 11.9 Å². The Balaban J connectivity index is -0.000000405. The van der Waals surface area contributed by atoms with Gasteiger partial charge in [0.1, 0.15) is 23.1 Å². The molecule has 0 saturated heterocycles. The zero-order valence-corrected chi connectivity index (χ0v) is 81.2. The second-order valence-electron chi connectivity index (χ2n) is 30.7. The first-order valence-corrected chi connectivity index (χ1v) is 45.2. The Kier molecular flexibility index (Phi) is 93.3. The molecule has 14 N–H and O–H groups in total. The van der Waals surface area contributed by atoms with E-state index >= 15 is 0 Å². The Hall–Kier alpha value is -8.58. The van der Waals surface area contributed by atoms with Crippen molar-refractivity contribution in [2.75, 3.05) is 162 Å². The van der Waals surface area contributed by atoms with Crippen LogP contribution in [-0.4, -0.2) is 283 Å². The molecule has 0 aromatic rings. The zero-order chi connectivity index (χ0) is 95.2. The molecule has 0 aliphatic heterocycles. The molecule has 0 aromatic carbocycles. The molecule has 0 radical (unpaired) electrons. The van der Waals surface area contributed by atoms with Crippen molar-refractivity contribution in [1.82, 2.24) is 68.3 Å². The summed E-state index contributed by atoms with van der Waals surface area (Å²) in [6, 6.07) is 0. The van der Waals surface area contributed by atoms with Gasteiger partial charge in [-0.15, -0.1) is 0 Å². The number of primary amides is 1. The van der Waals surface area contributed by atoms with Gasteiger partial charge in [-0.25, -0.2) is 0 Å². The van der Waals surface area contributed by atoms with Gasteiger partial charge in [0, 0.05) is 219 Å². The van der Waals surface area contributed by atoms with E-state index in [1.54, 1.807) is 61.2 Å². The number of nitrogens with two attached hydrogens (primary N) is 1. The van der Waals surface area contributed by atoms with Crippen LogP contribution in [0.5, 0.6) is 0 Å². The van der Waals surface area contributed by atoms with E-state index in [2.05, 4.69) is 58.5 Å². The van der Waals surface area contributed by atoms with Gasteiger partial charge in [-0.05, 0) is 89.9 Å². The van der Waals surface area contributed by atoms with Gasteiger partial charge in [0.25, 0.3) is 0 Å². The molecule has 0 aliphatic carbocycles. The van der Waals surface area contributed by atoms with Crippen molar-refractivity contribution in [2.24, 2.45) is 11.1 Å². The molecule has 14 amide bonds. The molecule has 740 valence electrons. The third-order valence-electron chi connectivity index (χ3n) is 19.6. The minimum absolute atomic E-state index is 0. The Morgan fingerprint density at radius 3 is 0.859 bits per heavy atom. The van der Waals surface area contributed by atoms with E-state index in [4.69, 9.17) is 30.4 Å². The summed E-state index contributed by atoms with van der Waals surface area (Å²) in [4.78, 5) is 225. The monoisotopic (exact) mass is 2000 g/mol. The minimum Gasteiger partial charge on any atom is -0.668 e. The van der Waals surface area contributed by atoms with Crippen LogP contribution in [0.1, 0.15) is 291 Å². The molecule has 128 heavy (non-hydrogen) atoms. The van der Waals surface area contributed by atoms with Crippen LogP contribution in [0.3, 0.4) is 0 Å². The molecular weight excluding hydrogens is 1830 g/mol. The number of amides is 14. The van der Waals surface area contributed by atoms with Gasteiger partial charge < -0.3 is 98.6 Å². The van der Waals surface area contributed by atoms with Gasteiger partial charge in [0.05, 0.1) is 96.9 Å². The summed E-state index contributed by atoms with van der Waals surface area (Å²) in [5, 5.41) is 28.9. The first-order chi connectivity index (χ1) is 60.3. The second kappa shape index (κ2) is 91.7. The number of nitrogens with zero attached hydrogens (tertiary/aromatic N) is 2. The maximum Gasteiger partial charge on any atom is 0.239 e. The van der Waals surface area contributed by atoms with Crippen LogP contribution in [0.15, 0.2) is 0 Å². The zero-order valence-electron chi connectivity index (χ0n) is 78.3. The summed E-state index contributed by atoms with van der Waals surface area (Å²) in [6.07, 6.45) is 24.3. The van der Waals surface area contributed by atoms with Gasteiger partial charge in [-0.2, -0.15) is 0 Å². The number of nitrogens with one attached hydrogen (secondary N) is 12. The molecule has 38 nitrogen and oxygen atoms in total. The number of rotatable bonds is 79. The average molecular weight is 2000 g/mol. The third-order valence-corrected chi connectivity index (χ3v) is 19.6. The summed E-state index contributed by atoms with van der Waals surface area (Å²) in [5.74, 6) is -2.60. The van der Waals surface area contributed by atoms with Crippen LogP contribution >= 0.6 is 0 Å². The van der Waals surface area contributed by atoms with E-state index in [-0.39, 0.29) is 254 Å². The Bertz CT molecular complexity index is 2910. The van der Waals surface area contributed by atoms with Gasteiger partial charge in [-0.1, -0.05) is 79.1 Å². The molecule has 0 rings (SSSR count). The Labute approximate surface area is 776 Å². The molecule has 0 aliphatic rings. The number of Topliss-reactive ketones (excluding diaryl/α,β-unsaturated/α-hetero) is 5. The topological polar surface area (TPSA) is 550 Å². The van der Waals surface area contributed by atoms with E-state index < -0.39 is 23.1 Å². The molecule has 0 fully saturated rings. The number of carbonyl (C=O) groups excluding carboxylic acids is 19. The van der Waals surface area contributed by atoms with Gasteiger partial charge in [-0.3, -0.25) is 91.2 Å². The van der Waals surface area contributed by atoms with Crippen molar-refractivity contribution in [3.8, 4) is 0 Å². The Morgan fingerprint density at radius 2 is 0.531 bits per heavy atom. The molecule has 0 bridgehead atoms. The fourth-order valence-corrected chi connectivity index (χ4v) is 11.7. The van der Waals surface area contributed by atoms with Crippen molar-refractivity contribution < 1.29 is 131 Å². The summed E-state index contributed by atoms with van der Waals surface area (Å²) >= 11 is 0. The van der Waals surface area contributed by atoms with Crippen LogP contribution in [0.2, 0.25) is 0 Å². The maximum atomic E-state index is 12.9. The number of ether oxygens (including phenoxy) is 4. The van der Waals surface area contributed by atoms with Crippen molar-refractivity contribution in [3.05, 3.63) is 5.73 Å². The standard InChI is InChI=1S/C29H51N5O7.C28H52N6O6.C20H37N3O8.C11H21NO2.CH4.W/c1-30-25(37)15-8-5-4-7-14-24(36)21-34(22-28(40)33-20-12-6-9-16-26(38)31-2)29(41)19-18-23(35)13-10-11-17-27(39)32-3;1-29-24(36)15-9-5-4-8-14-23(35)20-34(21-27(39)32-18-12-6-10-16-25(37)30-2)22-28(40)33-19-13-7-11-17-26(38)31-3;1-3-16(24)4-8-28-12-20(13-29-9-5-17(21)25,14-30-10-6-18(22)26)15-31-11-7-19(27)23-2;1-3-10(13)8-6-4-5-7-9-11(14)12-2;;/h4-22H2,1-3H3,(H,30,37)(H,31,38)(H,32,39)(H,33,40);4-22H2,1-3H3,(H,29,36)(H,30,37)(H,31,38)(H,32,39)(H,33,40);3-15H2,1-2H3,(H5,21,22,23,25,26,27);3-9H2,1-2H3,(H,12,14);1H4;/p-1. The predicted octanol–water partition coefficient (Wildman–Crippen LogP) is 5.41. The van der Waals surface area contributed by atoms with Crippen molar-refractivity contribution in [1.29, 1.82) is 0 Å². The molecule has 0 spiro atoms. The average Bonchev–Trinajstić information content (AvgIpc) is 0.867. The molecule has 0 heterocycles. The maximum absolute atomic E-state index is 12.9. The molecule has 39 heteroatoms. The van der Waals surface area contributed by atoms with Gasteiger partial charge in [0.15, 0.2) is 5.78 Å². The second-order valence-corrected chi connectivity index (χ2v) is 30.7. The summed E-state index contributed by atoms with van der Waals surface area (Å²) in [5.41, 5.74) is 11.3. The third kappa shape index (κ3) is 89.4. The quantitative estimate of drug-likeness (QED) is 0.0338. The van der Waals surface area contributed by atoms with Crippen molar-refractivity contribution in [2.45, 2.75) is 291 Å². The first kappa shape index (κ1) is 130. The van der Waals surface area contributed by atoms with Crippen LogP contribution in [0.25, 0.3) is 5.73 Å². The van der Waals surface area contributed by atoms with Crippen LogP contribution in [0.4, 0.5) is 0 Å². The number of unbranched alkanes of at least 4 members (excludes halogenated alkanes) is 16. The van der Waals surface area contributed by atoms with E-state index in [0.717, 1.165) is 109 Å². The normalized spacial score (nSPS) is 10.8. The summed E-state index contributed by atoms with van der Waals surface area (Å²) in [6.45, 7) is 5.44. The van der Waals surface area contributed by atoms with Crippen LogP contribution in [-0.2, 0) is 131 Å². The number of carbonyl (C=O) groups is 19. The molecule has 1 unspecified atom stereocenters. The largest absolute Gasteiger partial charge is 0.668 e. The fraction of sp³-hybridized carbons (Fsp3) is 0.787. The number of ketones is 5. The van der Waals surface area contributed by atoms with Gasteiger partial charge >= 0.3 is 0 Å². The molecular formula is C89H164N15O23W-. The summed E-state index contributed by atoms with van der Waals surface area (Å²) in [7, 11) is 12.7. The van der Waals surface area contributed by atoms with E-state index in [1.807, 2.05) is 6.92 Å². The van der Waals surface area contributed by atoms with Crippen molar-refractivity contribution in [3.63, 3.8) is 0 Å². The SMILES string of the molecule is C.CCC(=O)CCCCCCC(=O)NC.CCC(=O)CCOCC(COCCC([NH-])=O)(COCCC(N)=O)COCCC(=O)NC.CNC(=O)CCCCCCC(=O)CN(CC(=O)NCCCCCC(=O)NC)C(=O)CCC(=O)CCCCC(=O)NC.CNC(=O)CCCCCCC(=O)CN(CC(=O)NCCCCCC(=O)NC)CC(=O)NCCCCCC(=O)NC.[W]. The Morgan fingerprint density at radius 1 is 0.273 bits per heavy atom. The summed E-state index contributed by atoms with van der Waals surface area (Å²) < 4.78 is 22.5. The van der Waals surface area contributed by atoms with E-state index in [0.29, 0.717) is 135 Å². The molecule has 0 saturated carbocycles. The smallest absolute Gasteiger partial charge is 0.239 e. The van der Waals surface area contributed by atoms with E-state index in [9.17, 15) is 91.1 Å². The van der Waals surface area contributed by atoms with Gasteiger partial charge in [0.2, 0.25) is 76.8 Å². The number of hydrogen-bond donors (Lipinski definition) is 12. The minimum atomic E-state index is -0.805.